The van der Waals surface area contributed by atoms with Crippen molar-refractivity contribution in [3.63, 3.8) is 0 Å². The third-order valence-electron chi connectivity index (χ3n) is 2.93. The molecular formula is C18H17Cl2NO3. The fraction of sp³-hybridized carbons (Fsp3) is 0.167. The molecule has 0 aliphatic carbocycles. The van der Waals surface area contributed by atoms with Gasteiger partial charge < -0.3 is 14.8 Å². The van der Waals surface area contributed by atoms with E-state index < -0.39 is 0 Å². The van der Waals surface area contributed by atoms with Crippen LogP contribution in [0, 0.1) is 0 Å². The van der Waals surface area contributed by atoms with Crippen molar-refractivity contribution in [3.8, 4) is 11.5 Å². The standard InChI is InChI=1S/C18H17Cl2NO3/c1-13(22)12-24-17-8-4-15(5-9-17)21-14-2-6-16(7-3-14)23-11-10-18(19)20/h2-10,21H,11-12H2,1H3. The van der Waals surface area contributed by atoms with E-state index >= 15 is 0 Å². The lowest BCUT2D eigenvalue weighted by Crippen LogP contribution is -2.06. The van der Waals surface area contributed by atoms with Crippen molar-refractivity contribution in [1.82, 2.24) is 0 Å². The van der Waals surface area contributed by atoms with Gasteiger partial charge in [-0.3, -0.25) is 4.79 Å². The van der Waals surface area contributed by atoms with Crippen LogP contribution in [0.5, 0.6) is 11.5 Å². The van der Waals surface area contributed by atoms with Crippen LogP contribution in [0.2, 0.25) is 0 Å². The molecule has 0 fully saturated rings. The van der Waals surface area contributed by atoms with Crippen LogP contribution in [-0.2, 0) is 4.79 Å². The van der Waals surface area contributed by atoms with Gasteiger partial charge in [0.25, 0.3) is 0 Å². The highest BCUT2D eigenvalue weighted by Crippen LogP contribution is 2.22. The van der Waals surface area contributed by atoms with Gasteiger partial charge >= 0.3 is 0 Å². The van der Waals surface area contributed by atoms with Gasteiger partial charge in [-0.05, 0) is 61.5 Å². The van der Waals surface area contributed by atoms with Gasteiger partial charge in [0.05, 0.1) is 0 Å². The molecule has 0 saturated heterocycles. The zero-order valence-electron chi connectivity index (χ0n) is 13.1. The SMILES string of the molecule is CC(=O)COc1ccc(Nc2ccc(OCC=C(Cl)Cl)cc2)cc1. The summed E-state index contributed by atoms with van der Waals surface area (Å²) in [5.41, 5.74) is 1.83. The maximum absolute atomic E-state index is 10.9. The minimum absolute atomic E-state index is 0.0108. The molecule has 2 aromatic carbocycles. The Morgan fingerprint density at radius 2 is 1.46 bits per heavy atom. The number of hydrogen-bond donors (Lipinski definition) is 1. The fourth-order valence-electron chi connectivity index (χ4n) is 1.82. The molecule has 0 aliphatic heterocycles. The molecule has 2 rings (SSSR count). The minimum Gasteiger partial charge on any atom is -0.489 e. The molecule has 0 amide bonds. The Morgan fingerprint density at radius 1 is 0.958 bits per heavy atom. The molecule has 0 saturated carbocycles. The Labute approximate surface area is 151 Å². The van der Waals surface area contributed by atoms with Gasteiger partial charge in [-0.15, -0.1) is 0 Å². The highest BCUT2D eigenvalue weighted by atomic mass is 35.5. The number of Topliss-reactive ketones (excluding diaryl/α,β-unsaturated/α-hetero) is 1. The summed E-state index contributed by atoms with van der Waals surface area (Å²) in [6.07, 6.45) is 1.57. The molecule has 0 unspecified atom stereocenters. The number of hydrogen-bond acceptors (Lipinski definition) is 4. The first-order valence-electron chi connectivity index (χ1n) is 7.26. The maximum atomic E-state index is 10.9. The number of anilines is 2. The number of benzene rings is 2. The van der Waals surface area contributed by atoms with Crippen molar-refractivity contribution in [3.05, 3.63) is 59.1 Å². The van der Waals surface area contributed by atoms with E-state index in [1.54, 1.807) is 6.08 Å². The zero-order chi connectivity index (χ0) is 17.4. The van der Waals surface area contributed by atoms with Crippen molar-refractivity contribution >= 4 is 40.4 Å². The summed E-state index contributed by atoms with van der Waals surface area (Å²) in [5, 5.41) is 3.27. The number of nitrogens with one attached hydrogen (secondary N) is 1. The molecule has 24 heavy (non-hydrogen) atoms. The van der Waals surface area contributed by atoms with E-state index in [9.17, 15) is 4.79 Å². The van der Waals surface area contributed by atoms with Crippen LogP contribution < -0.4 is 14.8 Å². The number of carbonyl (C=O) groups is 1. The van der Waals surface area contributed by atoms with Gasteiger partial charge in [0, 0.05) is 11.4 Å². The number of ketones is 1. The zero-order valence-corrected chi connectivity index (χ0v) is 14.6. The van der Waals surface area contributed by atoms with Gasteiger partial charge in [-0.25, -0.2) is 0 Å². The predicted octanol–water partition coefficient (Wildman–Crippen LogP) is 5.10. The molecule has 0 atom stereocenters. The summed E-state index contributed by atoms with van der Waals surface area (Å²) >= 11 is 11.0. The topological polar surface area (TPSA) is 47.6 Å². The lowest BCUT2D eigenvalue weighted by molar-refractivity contribution is -0.118. The summed E-state index contributed by atoms with van der Waals surface area (Å²) in [6, 6.07) is 14.9. The predicted molar refractivity (Wildman–Crippen MR) is 97.6 cm³/mol. The fourth-order valence-corrected chi connectivity index (χ4v) is 1.95. The summed E-state index contributed by atoms with van der Waals surface area (Å²) in [6.45, 7) is 1.89. The highest BCUT2D eigenvalue weighted by molar-refractivity contribution is 6.55. The Balaban J connectivity index is 1.89. The normalized spacial score (nSPS) is 9.96. The molecule has 0 spiro atoms. The Hall–Kier alpha value is -2.17. The second kappa shape index (κ2) is 9.21. The Bertz CT molecular complexity index is 693. The minimum atomic E-state index is -0.0108. The molecule has 0 heterocycles. The van der Waals surface area contributed by atoms with Gasteiger partial charge in [0.1, 0.15) is 29.2 Å². The number of carbonyl (C=O) groups excluding carboxylic acids is 1. The summed E-state index contributed by atoms with van der Waals surface area (Å²) in [4.78, 5) is 10.9. The van der Waals surface area contributed by atoms with E-state index in [0.717, 1.165) is 17.1 Å². The Morgan fingerprint density at radius 3 is 1.92 bits per heavy atom. The third-order valence-corrected chi connectivity index (χ3v) is 3.24. The lowest BCUT2D eigenvalue weighted by Gasteiger charge is -2.09. The van der Waals surface area contributed by atoms with E-state index in [1.165, 1.54) is 6.92 Å². The van der Waals surface area contributed by atoms with E-state index in [4.69, 9.17) is 32.7 Å². The van der Waals surface area contributed by atoms with E-state index in [1.807, 2.05) is 48.5 Å². The third kappa shape index (κ3) is 6.52. The van der Waals surface area contributed by atoms with Crippen LogP contribution >= 0.6 is 23.2 Å². The molecule has 126 valence electrons. The van der Waals surface area contributed by atoms with Gasteiger partial charge in [0.15, 0.2) is 5.78 Å². The van der Waals surface area contributed by atoms with Crippen LogP contribution in [0.3, 0.4) is 0 Å². The number of halogens is 2. The van der Waals surface area contributed by atoms with Crippen molar-refractivity contribution in [1.29, 1.82) is 0 Å². The number of ether oxygens (including phenoxy) is 2. The molecule has 1 N–H and O–H groups in total. The number of rotatable bonds is 8. The second-order valence-corrected chi connectivity index (χ2v) is 5.98. The largest absolute Gasteiger partial charge is 0.489 e. The van der Waals surface area contributed by atoms with Crippen LogP contribution in [0.15, 0.2) is 59.1 Å². The van der Waals surface area contributed by atoms with E-state index in [0.29, 0.717) is 12.4 Å². The average molecular weight is 366 g/mol. The van der Waals surface area contributed by atoms with Crippen LogP contribution in [0.25, 0.3) is 0 Å². The molecule has 0 radical (unpaired) electrons. The first kappa shape index (κ1) is 18.2. The molecule has 4 nitrogen and oxygen atoms in total. The smallest absolute Gasteiger partial charge is 0.167 e. The maximum Gasteiger partial charge on any atom is 0.167 e. The van der Waals surface area contributed by atoms with Crippen molar-refractivity contribution in [2.45, 2.75) is 6.92 Å². The molecule has 0 bridgehead atoms. The quantitative estimate of drug-likeness (QED) is 0.707. The van der Waals surface area contributed by atoms with Gasteiger partial charge in [0.2, 0.25) is 0 Å². The molecular weight excluding hydrogens is 349 g/mol. The first-order valence-corrected chi connectivity index (χ1v) is 8.02. The van der Waals surface area contributed by atoms with Crippen molar-refractivity contribution in [2.75, 3.05) is 18.5 Å². The van der Waals surface area contributed by atoms with Crippen molar-refractivity contribution < 1.29 is 14.3 Å². The lowest BCUT2D eigenvalue weighted by atomic mass is 10.2. The molecule has 6 heteroatoms. The summed E-state index contributed by atoms with van der Waals surface area (Å²) < 4.78 is 11.0. The van der Waals surface area contributed by atoms with Crippen LogP contribution in [-0.4, -0.2) is 19.0 Å². The average Bonchev–Trinajstić information content (AvgIpc) is 2.55. The van der Waals surface area contributed by atoms with Crippen LogP contribution in [0.4, 0.5) is 11.4 Å². The van der Waals surface area contributed by atoms with E-state index in [2.05, 4.69) is 5.32 Å². The van der Waals surface area contributed by atoms with Crippen LogP contribution in [0.1, 0.15) is 6.92 Å². The molecule has 0 aromatic heterocycles. The van der Waals surface area contributed by atoms with Gasteiger partial charge in [-0.2, -0.15) is 0 Å². The van der Waals surface area contributed by atoms with Gasteiger partial charge in [-0.1, -0.05) is 23.2 Å². The van der Waals surface area contributed by atoms with E-state index in [-0.39, 0.29) is 16.9 Å². The molecule has 0 aliphatic rings. The summed E-state index contributed by atoms with van der Waals surface area (Å²) in [5.74, 6) is 1.37. The molecule has 2 aromatic rings. The monoisotopic (exact) mass is 365 g/mol. The van der Waals surface area contributed by atoms with Crippen molar-refractivity contribution in [2.24, 2.45) is 0 Å². The first-order chi connectivity index (χ1) is 11.5. The Kier molecular flexibility index (Phi) is 6.97. The second-order valence-electron chi connectivity index (χ2n) is 4.97. The highest BCUT2D eigenvalue weighted by Gasteiger charge is 1.99. The summed E-state index contributed by atoms with van der Waals surface area (Å²) in [7, 11) is 0.